The molecule has 1 amide bonds. The van der Waals surface area contributed by atoms with Crippen LogP contribution in [0.5, 0.6) is 0 Å². The van der Waals surface area contributed by atoms with Crippen LogP contribution in [-0.4, -0.2) is 64.0 Å². The van der Waals surface area contributed by atoms with Crippen molar-refractivity contribution in [3.05, 3.63) is 46.7 Å². The molecule has 1 saturated heterocycles. The summed E-state index contributed by atoms with van der Waals surface area (Å²) in [6, 6.07) is 2.65. The highest BCUT2D eigenvalue weighted by molar-refractivity contribution is 6.46. The number of ketones is 1. The first-order valence-electron chi connectivity index (χ1n) is 8.81. The van der Waals surface area contributed by atoms with Crippen LogP contribution in [0.1, 0.15) is 35.2 Å². The van der Waals surface area contributed by atoms with Crippen LogP contribution in [0.25, 0.3) is 5.76 Å². The maximum absolute atomic E-state index is 12.8. The van der Waals surface area contributed by atoms with E-state index in [2.05, 4.69) is 10.2 Å². The molecule has 0 saturated carbocycles. The molecule has 8 heteroatoms. The smallest absolute Gasteiger partial charge is 0.295 e. The fraction of sp³-hybridized carbons (Fsp3) is 0.421. The monoisotopic (exact) mass is 372 g/mol. The molecule has 144 valence electrons. The quantitative estimate of drug-likeness (QED) is 0.457. The van der Waals surface area contributed by atoms with Gasteiger partial charge in [0, 0.05) is 12.2 Å². The Balaban J connectivity index is 2.08. The molecular weight excluding hydrogens is 348 g/mol. The number of nitrogens with one attached hydrogen (secondary N) is 1. The minimum absolute atomic E-state index is 0.0346. The summed E-state index contributed by atoms with van der Waals surface area (Å²) < 4.78 is 5.50. The summed E-state index contributed by atoms with van der Waals surface area (Å²) in [7, 11) is 3.89. The molecule has 0 bridgehead atoms. The number of likely N-dealkylation sites (tertiary alicyclic amines) is 1. The number of aromatic amines is 1. The Morgan fingerprint density at radius 2 is 2.11 bits per heavy atom. The minimum atomic E-state index is -0.754. The van der Waals surface area contributed by atoms with Crippen LogP contribution >= 0.6 is 0 Å². The van der Waals surface area contributed by atoms with E-state index in [0.717, 1.165) is 6.54 Å². The number of nitrogens with zero attached hydrogens (tertiary/aromatic N) is 3. The fourth-order valence-corrected chi connectivity index (χ4v) is 3.45. The summed E-state index contributed by atoms with van der Waals surface area (Å²) >= 11 is 0. The van der Waals surface area contributed by atoms with E-state index in [0.29, 0.717) is 35.7 Å². The lowest BCUT2D eigenvalue weighted by molar-refractivity contribution is -0.140. The van der Waals surface area contributed by atoms with Crippen molar-refractivity contribution in [3.8, 4) is 0 Å². The van der Waals surface area contributed by atoms with Crippen LogP contribution in [0.15, 0.2) is 28.4 Å². The molecule has 1 aliphatic heterocycles. The van der Waals surface area contributed by atoms with Gasteiger partial charge in [-0.1, -0.05) is 0 Å². The molecule has 2 aromatic rings. The Hall–Kier alpha value is -2.87. The highest BCUT2D eigenvalue weighted by Gasteiger charge is 2.47. The van der Waals surface area contributed by atoms with E-state index < -0.39 is 17.7 Å². The molecule has 27 heavy (non-hydrogen) atoms. The van der Waals surface area contributed by atoms with Crippen LogP contribution in [-0.2, 0) is 9.59 Å². The molecule has 1 aliphatic rings. The Labute approximate surface area is 157 Å². The molecule has 1 fully saturated rings. The predicted molar refractivity (Wildman–Crippen MR) is 99.0 cm³/mol. The van der Waals surface area contributed by atoms with E-state index in [9.17, 15) is 14.7 Å². The summed E-state index contributed by atoms with van der Waals surface area (Å²) in [6.45, 7) is 4.64. The first-order valence-corrected chi connectivity index (χ1v) is 8.81. The van der Waals surface area contributed by atoms with Crippen molar-refractivity contribution in [3.63, 3.8) is 0 Å². The molecule has 3 heterocycles. The number of aromatic nitrogens is 2. The number of Topliss-reactive ketones (excluding diaryl/α,β-unsaturated/α-hetero) is 1. The number of carbonyl (C=O) groups excluding carboxylic acids is 2. The van der Waals surface area contributed by atoms with Gasteiger partial charge in [-0.25, -0.2) is 0 Å². The Kier molecular flexibility index (Phi) is 5.18. The number of H-pyrrole nitrogens is 1. The molecular formula is C19H24N4O4. The minimum Gasteiger partial charge on any atom is -0.507 e. The second-order valence-corrected chi connectivity index (χ2v) is 6.97. The summed E-state index contributed by atoms with van der Waals surface area (Å²) in [4.78, 5) is 29.0. The van der Waals surface area contributed by atoms with E-state index in [1.54, 1.807) is 26.0 Å². The van der Waals surface area contributed by atoms with Crippen molar-refractivity contribution in [1.29, 1.82) is 0 Å². The van der Waals surface area contributed by atoms with Gasteiger partial charge in [0.1, 0.15) is 17.6 Å². The average molecular weight is 372 g/mol. The van der Waals surface area contributed by atoms with Crippen molar-refractivity contribution >= 4 is 17.4 Å². The van der Waals surface area contributed by atoms with E-state index >= 15 is 0 Å². The van der Waals surface area contributed by atoms with E-state index in [4.69, 9.17) is 4.42 Å². The normalized spacial score (nSPS) is 19.4. The summed E-state index contributed by atoms with van der Waals surface area (Å²) in [5.41, 5.74) is 1.66. The molecule has 2 aromatic heterocycles. The average Bonchev–Trinajstić information content (AvgIpc) is 3.30. The molecule has 0 spiro atoms. The van der Waals surface area contributed by atoms with Gasteiger partial charge in [0.2, 0.25) is 0 Å². The van der Waals surface area contributed by atoms with Crippen molar-refractivity contribution in [1.82, 2.24) is 20.0 Å². The van der Waals surface area contributed by atoms with Crippen LogP contribution in [0, 0.1) is 13.8 Å². The number of carbonyl (C=O) groups is 2. The molecule has 8 nitrogen and oxygen atoms in total. The molecule has 3 rings (SSSR count). The number of amides is 1. The van der Waals surface area contributed by atoms with Crippen molar-refractivity contribution < 1.29 is 19.1 Å². The van der Waals surface area contributed by atoms with Gasteiger partial charge in [0.15, 0.2) is 0 Å². The third kappa shape index (κ3) is 3.40. The lowest BCUT2D eigenvalue weighted by Crippen LogP contribution is -2.32. The van der Waals surface area contributed by atoms with Crippen LogP contribution in [0.4, 0.5) is 0 Å². The highest BCUT2D eigenvalue weighted by atomic mass is 16.3. The van der Waals surface area contributed by atoms with Crippen molar-refractivity contribution in [2.45, 2.75) is 26.3 Å². The standard InChI is InChI=1S/C19H24N4O4/c1-11-14(12(2)21-20-11)17(24)15-16(13-7-5-10-27-13)23(19(26)18(15)25)9-6-8-22(3)4/h5,7,10,16,24H,6,8-9H2,1-4H3,(H,20,21)/b17-15+/t16-/m0/s1. The van der Waals surface area contributed by atoms with E-state index in [1.807, 2.05) is 19.0 Å². The molecule has 1 atom stereocenters. The first-order chi connectivity index (χ1) is 12.8. The number of rotatable bonds is 6. The van der Waals surface area contributed by atoms with Gasteiger partial charge >= 0.3 is 0 Å². The largest absolute Gasteiger partial charge is 0.507 e. The lowest BCUT2D eigenvalue weighted by atomic mass is 9.98. The third-order valence-electron chi connectivity index (χ3n) is 4.72. The van der Waals surface area contributed by atoms with Gasteiger partial charge in [0.25, 0.3) is 11.7 Å². The van der Waals surface area contributed by atoms with Crippen molar-refractivity contribution in [2.24, 2.45) is 0 Å². The molecule has 0 aliphatic carbocycles. The second kappa shape index (κ2) is 7.40. The number of furan rings is 1. The summed E-state index contributed by atoms with van der Waals surface area (Å²) in [5.74, 6) is -1.12. The van der Waals surface area contributed by atoms with Gasteiger partial charge in [-0.3, -0.25) is 14.7 Å². The maximum Gasteiger partial charge on any atom is 0.295 e. The topological polar surface area (TPSA) is 103 Å². The van der Waals surface area contributed by atoms with Gasteiger partial charge in [-0.05, 0) is 53.0 Å². The molecule has 2 N–H and O–H groups in total. The van der Waals surface area contributed by atoms with Gasteiger partial charge < -0.3 is 19.3 Å². The molecule has 0 aromatic carbocycles. The SMILES string of the molecule is Cc1n[nH]c(C)c1/C(O)=C1\C(=O)C(=O)N(CCCN(C)C)[C@H]1c1ccco1. The summed E-state index contributed by atoms with van der Waals surface area (Å²) in [5, 5.41) is 17.8. The van der Waals surface area contributed by atoms with Gasteiger partial charge in [-0.2, -0.15) is 5.10 Å². The van der Waals surface area contributed by atoms with E-state index in [-0.39, 0.29) is 11.3 Å². The number of hydrogen-bond donors (Lipinski definition) is 2. The zero-order chi connectivity index (χ0) is 19.7. The van der Waals surface area contributed by atoms with Crippen LogP contribution < -0.4 is 0 Å². The van der Waals surface area contributed by atoms with Crippen molar-refractivity contribution in [2.75, 3.05) is 27.2 Å². The molecule has 0 unspecified atom stereocenters. The first kappa shape index (κ1) is 18.9. The Morgan fingerprint density at radius 1 is 1.37 bits per heavy atom. The summed E-state index contributed by atoms with van der Waals surface area (Å²) in [6.07, 6.45) is 2.19. The Bertz CT molecular complexity index is 860. The Morgan fingerprint density at radius 3 is 2.67 bits per heavy atom. The second-order valence-electron chi connectivity index (χ2n) is 6.97. The zero-order valence-corrected chi connectivity index (χ0v) is 15.9. The van der Waals surface area contributed by atoms with Gasteiger partial charge in [-0.15, -0.1) is 0 Å². The fourth-order valence-electron chi connectivity index (χ4n) is 3.45. The van der Waals surface area contributed by atoms with Crippen LogP contribution in [0.3, 0.4) is 0 Å². The third-order valence-corrected chi connectivity index (χ3v) is 4.72. The number of aliphatic hydroxyl groups excluding tert-OH is 1. The predicted octanol–water partition coefficient (Wildman–Crippen LogP) is 1.99. The van der Waals surface area contributed by atoms with Gasteiger partial charge in [0.05, 0.1) is 23.1 Å². The number of aliphatic hydroxyl groups is 1. The molecule has 0 radical (unpaired) electrons. The maximum atomic E-state index is 12.8. The number of hydrogen-bond acceptors (Lipinski definition) is 6. The lowest BCUT2D eigenvalue weighted by Gasteiger charge is -2.24. The van der Waals surface area contributed by atoms with E-state index in [1.165, 1.54) is 11.2 Å². The zero-order valence-electron chi connectivity index (χ0n) is 15.9. The highest BCUT2D eigenvalue weighted by Crippen LogP contribution is 2.40. The number of aryl methyl sites for hydroxylation is 2. The van der Waals surface area contributed by atoms with Crippen LogP contribution in [0.2, 0.25) is 0 Å².